The van der Waals surface area contributed by atoms with Crippen molar-refractivity contribution < 1.29 is 4.79 Å². The van der Waals surface area contributed by atoms with E-state index in [0.717, 1.165) is 54.9 Å². The Hall–Kier alpha value is -1.18. The fourth-order valence-corrected chi connectivity index (χ4v) is 3.94. The molecule has 0 spiro atoms. The standard InChI is InChI=1S/C17H26BrN5O/c1-12-16(10-13(18)11-20-12)22-17(24)21-14-2-4-15(5-3-14)23-8-6-19-7-9-23/h10-11,14-15,19H,2-9H2,1H3,(H2,21,22,24). The van der Waals surface area contributed by atoms with Gasteiger partial charge in [0.15, 0.2) is 0 Å². The molecule has 0 atom stereocenters. The van der Waals surface area contributed by atoms with Crippen LogP contribution in [0.4, 0.5) is 10.5 Å². The van der Waals surface area contributed by atoms with E-state index in [4.69, 9.17) is 0 Å². The maximum atomic E-state index is 12.2. The second-order valence-corrected chi connectivity index (χ2v) is 7.59. The number of urea groups is 1. The molecule has 2 amide bonds. The number of aromatic nitrogens is 1. The molecule has 2 fully saturated rings. The van der Waals surface area contributed by atoms with E-state index in [1.165, 1.54) is 12.8 Å². The van der Waals surface area contributed by atoms with Gasteiger partial charge in [-0.1, -0.05) is 0 Å². The summed E-state index contributed by atoms with van der Waals surface area (Å²) in [6.07, 6.45) is 6.18. The summed E-state index contributed by atoms with van der Waals surface area (Å²) < 4.78 is 0.861. The number of rotatable bonds is 3. The van der Waals surface area contributed by atoms with Crippen molar-refractivity contribution in [2.45, 2.75) is 44.7 Å². The van der Waals surface area contributed by atoms with Crippen LogP contribution in [0.15, 0.2) is 16.7 Å². The van der Waals surface area contributed by atoms with Gasteiger partial charge in [-0.05, 0) is 54.6 Å². The lowest BCUT2D eigenvalue weighted by Crippen LogP contribution is -2.51. The van der Waals surface area contributed by atoms with Gasteiger partial charge in [0.1, 0.15) is 0 Å². The number of hydrogen-bond donors (Lipinski definition) is 3. The van der Waals surface area contributed by atoms with Crippen LogP contribution in [0, 0.1) is 6.92 Å². The maximum absolute atomic E-state index is 12.2. The van der Waals surface area contributed by atoms with Crippen LogP contribution in [0.25, 0.3) is 0 Å². The Morgan fingerprint density at radius 3 is 2.71 bits per heavy atom. The van der Waals surface area contributed by atoms with Crippen LogP contribution < -0.4 is 16.0 Å². The van der Waals surface area contributed by atoms with Crippen molar-refractivity contribution in [2.24, 2.45) is 0 Å². The van der Waals surface area contributed by atoms with E-state index in [1.54, 1.807) is 6.20 Å². The molecule has 3 N–H and O–H groups in total. The van der Waals surface area contributed by atoms with Crippen molar-refractivity contribution in [1.82, 2.24) is 20.5 Å². The molecule has 1 saturated carbocycles. The maximum Gasteiger partial charge on any atom is 0.319 e. The summed E-state index contributed by atoms with van der Waals surface area (Å²) in [4.78, 5) is 19.1. The molecule has 3 rings (SSSR count). The fraction of sp³-hybridized carbons (Fsp3) is 0.647. The average Bonchev–Trinajstić information content (AvgIpc) is 2.59. The Balaban J connectivity index is 1.45. The molecule has 7 heteroatoms. The summed E-state index contributed by atoms with van der Waals surface area (Å²) in [6.45, 7) is 6.39. The lowest BCUT2D eigenvalue weighted by Gasteiger charge is -2.39. The zero-order valence-electron chi connectivity index (χ0n) is 14.1. The molecule has 1 aliphatic carbocycles. The molecule has 24 heavy (non-hydrogen) atoms. The molecule has 0 radical (unpaired) electrons. The molecule has 1 saturated heterocycles. The van der Waals surface area contributed by atoms with Crippen molar-refractivity contribution in [3.8, 4) is 0 Å². The number of piperazine rings is 1. The van der Waals surface area contributed by atoms with E-state index in [-0.39, 0.29) is 12.1 Å². The Morgan fingerprint density at radius 1 is 1.29 bits per heavy atom. The summed E-state index contributed by atoms with van der Waals surface area (Å²) in [5.74, 6) is 0. The van der Waals surface area contributed by atoms with Crippen molar-refractivity contribution in [2.75, 3.05) is 31.5 Å². The Kier molecular flexibility index (Phi) is 6.08. The largest absolute Gasteiger partial charge is 0.335 e. The van der Waals surface area contributed by atoms with Gasteiger partial charge >= 0.3 is 6.03 Å². The number of carbonyl (C=O) groups is 1. The van der Waals surface area contributed by atoms with E-state index < -0.39 is 0 Å². The van der Waals surface area contributed by atoms with Gasteiger partial charge in [-0.2, -0.15) is 0 Å². The minimum atomic E-state index is -0.136. The summed E-state index contributed by atoms with van der Waals surface area (Å²) >= 11 is 3.39. The van der Waals surface area contributed by atoms with E-state index >= 15 is 0 Å². The summed E-state index contributed by atoms with van der Waals surface area (Å²) in [5.41, 5.74) is 1.56. The van der Waals surface area contributed by atoms with E-state index in [2.05, 4.69) is 41.8 Å². The van der Waals surface area contributed by atoms with Gasteiger partial charge in [0.2, 0.25) is 0 Å². The third-order valence-corrected chi connectivity index (χ3v) is 5.44. The Labute approximate surface area is 151 Å². The minimum absolute atomic E-state index is 0.136. The number of nitrogens with zero attached hydrogens (tertiary/aromatic N) is 2. The van der Waals surface area contributed by atoms with E-state index in [0.29, 0.717) is 6.04 Å². The number of pyridine rings is 1. The first kappa shape index (κ1) is 17.6. The summed E-state index contributed by atoms with van der Waals surface area (Å²) in [5, 5.41) is 9.43. The molecule has 2 aliphatic rings. The van der Waals surface area contributed by atoms with Crippen molar-refractivity contribution in [3.05, 3.63) is 22.4 Å². The van der Waals surface area contributed by atoms with Gasteiger partial charge in [0.25, 0.3) is 0 Å². The molecular formula is C17H26BrN5O. The minimum Gasteiger partial charge on any atom is -0.335 e. The second kappa shape index (κ2) is 8.27. The predicted molar refractivity (Wildman–Crippen MR) is 99.3 cm³/mol. The number of nitrogens with one attached hydrogen (secondary N) is 3. The van der Waals surface area contributed by atoms with Crippen molar-refractivity contribution in [3.63, 3.8) is 0 Å². The molecule has 1 aromatic heterocycles. The molecule has 0 aromatic carbocycles. The number of aryl methyl sites for hydroxylation is 1. The Morgan fingerprint density at radius 2 is 2.00 bits per heavy atom. The monoisotopic (exact) mass is 395 g/mol. The van der Waals surface area contributed by atoms with Crippen LogP contribution in [-0.2, 0) is 0 Å². The highest BCUT2D eigenvalue weighted by Gasteiger charge is 2.27. The first-order valence-corrected chi connectivity index (χ1v) is 9.55. The van der Waals surface area contributed by atoms with Crippen LogP contribution in [-0.4, -0.2) is 54.2 Å². The number of carbonyl (C=O) groups excluding carboxylic acids is 1. The molecular weight excluding hydrogens is 370 g/mol. The van der Waals surface area contributed by atoms with Gasteiger partial charge < -0.3 is 16.0 Å². The van der Waals surface area contributed by atoms with Crippen LogP contribution in [0.3, 0.4) is 0 Å². The molecule has 132 valence electrons. The SMILES string of the molecule is Cc1ncc(Br)cc1NC(=O)NC1CCC(N2CCNCC2)CC1. The van der Waals surface area contributed by atoms with Gasteiger partial charge in [-0.3, -0.25) is 9.88 Å². The third-order valence-electron chi connectivity index (χ3n) is 5.00. The lowest BCUT2D eigenvalue weighted by molar-refractivity contribution is 0.129. The van der Waals surface area contributed by atoms with E-state index in [1.807, 2.05) is 13.0 Å². The normalized spacial score (nSPS) is 25.2. The van der Waals surface area contributed by atoms with Crippen LogP contribution in [0.2, 0.25) is 0 Å². The smallest absolute Gasteiger partial charge is 0.319 e. The zero-order valence-corrected chi connectivity index (χ0v) is 15.7. The van der Waals surface area contributed by atoms with Crippen molar-refractivity contribution in [1.29, 1.82) is 0 Å². The van der Waals surface area contributed by atoms with Gasteiger partial charge in [-0.15, -0.1) is 0 Å². The van der Waals surface area contributed by atoms with Crippen molar-refractivity contribution >= 4 is 27.6 Å². The first-order valence-electron chi connectivity index (χ1n) is 8.76. The first-order chi connectivity index (χ1) is 11.6. The topological polar surface area (TPSA) is 69.3 Å². The van der Waals surface area contributed by atoms with Crippen LogP contribution in [0.1, 0.15) is 31.4 Å². The predicted octanol–water partition coefficient (Wildman–Crippen LogP) is 2.49. The molecule has 0 bridgehead atoms. The average molecular weight is 396 g/mol. The van der Waals surface area contributed by atoms with Gasteiger partial charge in [-0.25, -0.2) is 4.79 Å². The van der Waals surface area contributed by atoms with Gasteiger partial charge in [0.05, 0.1) is 11.4 Å². The number of hydrogen-bond acceptors (Lipinski definition) is 4. The third kappa shape index (κ3) is 4.68. The number of amides is 2. The number of halogens is 1. The number of anilines is 1. The molecule has 6 nitrogen and oxygen atoms in total. The highest BCUT2D eigenvalue weighted by atomic mass is 79.9. The molecule has 2 heterocycles. The fourth-order valence-electron chi connectivity index (χ4n) is 3.61. The molecule has 1 aromatic rings. The van der Waals surface area contributed by atoms with Gasteiger partial charge in [0, 0.05) is 48.9 Å². The van der Waals surface area contributed by atoms with Crippen LogP contribution in [0.5, 0.6) is 0 Å². The highest BCUT2D eigenvalue weighted by molar-refractivity contribution is 9.10. The lowest BCUT2D eigenvalue weighted by atomic mass is 9.90. The second-order valence-electron chi connectivity index (χ2n) is 6.68. The Bertz CT molecular complexity index is 568. The quantitative estimate of drug-likeness (QED) is 0.735. The van der Waals surface area contributed by atoms with E-state index in [9.17, 15) is 4.79 Å². The zero-order chi connectivity index (χ0) is 16.9. The molecule has 0 unspecified atom stereocenters. The summed E-state index contributed by atoms with van der Waals surface area (Å²) in [7, 11) is 0. The van der Waals surface area contributed by atoms with Crippen LogP contribution >= 0.6 is 15.9 Å². The molecule has 1 aliphatic heterocycles. The summed E-state index contributed by atoms with van der Waals surface area (Å²) in [6, 6.07) is 2.70. The highest BCUT2D eigenvalue weighted by Crippen LogP contribution is 2.24.